The Morgan fingerprint density at radius 2 is 1.30 bits per heavy atom. The normalized spacial score (nSPS) is 10.1. The number of hydrogen-bond donors (Lipinski definition) is 2. The number of anilines is 1. The molecule has 0 aliphatic carbocycles. The van der Waals surface area contributed by atoms with Crippen LogP contribution in [0.15, 0.2) is 52.4 Å². The van der Waals surface area contributed by atoms with Crippen molar-refractivity contribution in [3.05, 3.63) is 104 Å². The molecule has 1 aromatic heterocycles. The van der Waals surface area contributed by atoms with E-state index in [0.717, 1.165) is 11.1 Å². The van der Waals surface area contributed by atoms with Gasteiger partial charge in [0.05, 0.1) is 17.5 Å². The first kappa shape index (κ1) is 43.8. The van der Waals surface area contributed by atoms with E-state index < -0.39 is 0 Å². The van der Waals surface area contributed by atoms with Crippen molar-refractivity contribution in [3.63, 3.8) is 0 Å². The van der Waals surface area contributed by atoms with Gasteiger partial charge in [-0.2, -0.15) is 5.26 Å². The SMILES string of the molecule is CC(C)N(C)C.Cc1cc(C)c(F)cc1N.Cc1cc(C)c(N=CN(C)C)cc1F.Cc1cc2c(=O)c(C#N)c[nH]c2cc1F.II. The second kappa shape index (κ2) is 21.7. The highest BCUT2D eigenvalue weighted by Gasteiger charge is 2.07. The van der Waals surface area contributed by atoms with Crippen LogP contribution in [-0.4, -0.2) is 55.4 Å². The molecule has 0 unspecified atom stereocenters. The number of nitrogens with two attached hydrogens (primary N) is 1. The Labute approximate surface area is 300 Å². The largest absolute Gasteiger partial charge is 0.398 e. The lowest BCUT2D eigenvalue weighted by molar-refractivity contribution is 0.335. The van der Waals surface area contributed by atoms with Crippen LogP contribution in [-0.2, 0) is 0 Å². The van der Waals surface area contributed by atoms with E-state index in [0.29, 0.717) is 45.0 Å². The van der Waals surface area contributed by atoms with Gasteiger partial charge in [-0.3, -0.25) is 4.79 Å². The van der Waals surface area contributed by atoms with E-state index in [1.807, 2.05) is 32.8 Å². The molecule has 1 heterocycles. The van der Waals surface area contributed by atoms with E-state index in [1.54, 1.807) is 45.3 Å². The molecule has 0 radical (unpaired) electrons. The number of aliphatic imine (C=N–C) groups is 1. The number of H-pyrrole nitrogens is 1. The van der Waals surface area contributed by atoms with E-state index in [9.17, 15) is 18.0 Å². The van der Waals surface area contributed by atoms with Crippen LogP contribution in [0.3, 0.4) is 0 Å². The zero-order valence-electron chi connectivity index (χ0n) is 28.9. The van der Waals surface area contributed by atoms with E-state index in [-0.39, 0.29) is 28.4 Å². The Morgan fingerprint density at radius 3 is 1.77 bits per heavy atom. The molecule has 3 N–H and O–H groups in total. The number of halogens is 5. The third kappa shape index (κ3) is 15.1. The van der Waals surface area contributed by atoms with Gasteiger partial charge in [-0.05, 0) is 109 Å². The predicted molar refractivity (Wildman–Crippen MR) is 209 cm³/mol. The number of nitrogens with zero attached hydrogens (tertiary/aromatic N) is 4. The zero-order valence-corrected chi connectivity index (χ0v) is 33.2. The molecule has 47 heavy (non-hydrogen) atoms. The van der Waals surface area contributed by atoms with Crippen molar-refractivity contribution >= 4 is 65.8 Å². The summed E-state index contributed by atoms with van der Waals surface area (Å²) in [4.78, 5) is 22.5. The number of aromatic amines is 1. The van der Waals surface area contributed by atoms with E-state index in [4.69, 9.17) is 11.0 Å². The van der Waals surface area contributed by atoms with Crippen molar-refractivity contribution in [1.82, 2.24) is 14.8 Å². The molecule has 12 heteroatoms. The van der Waals surface area contributed by atoms with Gasteiger partial charge < -0.3 is 20.5 Å². The number of fused-ring (bicyclic) bond motifs is 1. The summed E-state index contributed by atoms with van der Waals surface area (Å²) in [5.41, 5.74) is 10.3. The van der Waals surface area contributed by atoms with Gasteiger partial charge in [0.25, 0.3) is 0 Å². The van der Waals surface area contributed by atoms with Crippen LogP contribution < -0.4 is 11.2 Å². The number of rotatable bonds is 3. The quantitative estimate of drug-likeness (QED) is 0.0926. The van der Waals surface area contributed by atoms with Gasteiger partial charge in [0.15, 0.2) is 0 Å². The third-order valence-electron chi connectivity index (χ3n) is 6.77. The van der Waals surface area contributed by atoms with E-state index in [2.05, 4.69) is 80.1 Å². The number of aryl methyl sites for hydroxylation is 5. The van der Waals surface area contributed by atoms with Crippen molar-refractivity contribution in [2.45, 2.75) is 54.5 Å². The first-order valence-electron chi connectivity index (χ1n) is 14.4. The molecular formula is C35H45F3I2N6O. The molecule has 0 saturated heterocycles. The average molecular weight is 877 g/mol. The summed E-state index contributed by atoms with van der Waals surface area (Å²) in [5.74, 6) is -0.813. The lowest BCUT2D eigenvalue weighted by Gasteiger charge is -2.12. The molecule has 7 nitrogen and oxygen atoms in total. The number of nitrogen functional groups attached to an aromatic ring is 1. The number of benzene rings is 3. The maximum absolute atomic E-state index is 13.2. The Morgan fingerprint density at radius 1 is 0.830 bits per heavy atom. The minimum atomic E-state index is -0.372. The maximum Gasteiger partial charge on any atom is 0.207 e. The van der Waals surface area contributed by atoms with Crippen LogP contribution in [0.25, 0.3) is 10.9 Å². The number of hydrogen-bond acceptors (Lipinski definition) is 5. The monoisotopic (exact) mass is 876 g/mol. The first-order chi connectivity index (χ1) is 21.9. The van der Waals surface area contributed by atoms with Gasteiger partial charge in [-0.1, -0.05) is 12.1 Å². The van der Waals surface area contributed by atoms with Crippen LogP contribution in [0.2, 0.25) is 0 Å². The molecule has 4 rings (SSSR count). The second-order valence-corrected chi connectivity index (χ2v) is 11.4. The minimum Gasteiger partial charge on any atom is -0.398 e. The van der Waals surface area contributed by atoms with Crippen molar-refractivity contribution in [2.24, 2.45) is 4.99 Å². The fourth-order valence-electron chi connectivity index (χ4n) is 3.41. The fourth-order valence-corrected chi connectivity index (χ4v) is 3.41. The predicted octanol–water partition coefficient (Wildman–Crippen LogP) is 9.26. The Kier molecular flexibility index (Phi) is 20.2. The van der Waals surface area contributed by atoms with Crippen molar-refractivity contribution < 1.29 is 13.2 Å². The molecule has 0 fully saturated rings. The van der Waals surface area contributed by atoms with E-state index in [1.165, 1.54) is 30.5 Å². The lowest BCUT2D eigenvalue weighted by atomic mass is 10.1. The molecule has 3 aromatic carbocycles. The van der Waals surface area contributed by atoms with Gasteiger partial charge in [-0.15, -0.1) is 0 Å². The molecule has 0 saturated carbocycles. The molecule has 0 bridgehead atoms. The van der Waals surface area contributed by atoms with Crippen molar-refractivity contribution in [3.8, 4) is 6.07 Å². The van der Waals surface area contributed by atoms with Gasteiger partial charge in [0.1, 0.15) is 29.1 Å². The molecule has 256 valence electrons. The number of aromatic nitrogens is 1. The number of nitrogens with one attached hydrogen (secondary N) is 1. The summed E-state index contributed by atoms with van der Waals surface area (Å²) in [6.45, 7) is 13.2. The summed E-state index contributed by atoms with van der Waals surface area (Å²) < 4.78 is 39.1. The van der Waals surface area contributed by atoms with Crippen LogP contribution in [0.5, 0.6) is 0 Å². The second-order valence-electron chi connectivity index (χ2n) is 11.4. The Hall–Kier alpha value is -3.16. The molecule has 0 aliphatic heterocycles. The average Bonchev–Trinajstić information content (AvgIpc) is 3.00. The molecule has 4 aromatic rings. The van der Waals surface area contributed by atoms with Crippen molar-refractivity contribution in [2.75, 3.05) is 33.9 Å². The standard InChI is InChI=1S/C11H7FN2O.C11H15FN2.C8H10FN.C5H13N.I2/c1-6-2-8-10(3-9(6)12)14-5-7(4-13)11(8)15;1-8-5-9(2)11(6-10(8)12)13-7-14(3)4;1-5-3-6(2)8(10)4-7(5)9;1-5(2)6(3)4;1-2/h2-3,5H,1H3,(H,14,15);5-7H,1-4H3;3-4H,10H2,1-2H3;5H,1-4H3;. The summed E-state index contributed by atoms with van der Waals surface area (Å²) in [7, 11) is 7.90. The molecule has 0 spiro atoms. The number of nitriles is 1. The zero-order chi connectivity index (χ0) is 36.6. The highest BCUT2D eigenvalue weighted by Crippen LogP contribution is 2.22. The van der Waals surface area contributed by atoms with Gasteiger partial charge in [0.2, 0.25) is 5.43 Å². The van der Waals surface area contributed by atoms with Gasteiger partial charge >= 0.3 is 0 Å². The Bertz CT molecular complexity index is 1680. The summed E-state index contributed by atoms with van der Waals surface area (Å²) in [6.07, 6.45) is 2.95. The van der Waals surface area contributed by atoms with Crippen molar-refractivity contribution in [1.29, 1.82) is 5.26 Å². The smallest absolute Gasteiger partial charge is 0.207 e. The number of pyridine rings is 1. The highest BCUT2D eigenvalue weighted by atomic mass is 128. The highest BCUT2D eigenvalue weighted by molar-refractivity contribution is 15.0. The first-order valence-corrected chi connectivity index (χ1v) is 20.7. The van der Waals surface area contributed by atoms with Crippen LogP contribution >= 0.6 is 37.2 Å². The van der Waals surface area contributed by atoms with Crippen LogP contribution in [0.4, 0.5) is 24.5 Å². The minimum absolute atomic E-state index is 0.0357. The van der Waals surface area contributed by atoms with Crippen LogP contribution in [0, 0.1) is 63.4 Å². The molecular weight excluding hydrogens is 831 g/mol. The fraction of sp³-hybridized carbons (Fsp3) is 0.343. The van der Waals surface area contributed by atoms with E-state index >= 15 is 0 Å². The molecule has 0 aliphatic rings. The topological polar surface area (TPSA) is 102 Å². The summed E-state index contributed by atoms with van der Waals surface area (Å²) in [6, 6.07) is 11.5. The van der Waals surface area contributed by atoms with Gasteiger partial charge in [0, 0.05) is 80.7 Å². The third-order valence-corrected chi connectivity index (χ3v) is 6.77. The Balaban J connectivity index is 0.000000616. The molecule has 0 atom stereocenters. The van der Waals surface area contributed by atoms with Gasteiger partial charge in [-0.25, -0.2) is 18.2 Å². The molecule has 0 amide bonds. The summed E-state index contributed by atoms with van der Waals surface area (Å²) >= 11 is 4.24. The maximum atomic E-state index is 13.2. The lowest BCUT2D eigenvalue weighted by Crippen LogP contribution is -2.20. The summed E-state index contributed by atoms with van der Waals surface area (Å²) in [5, 5.41) is 9.00. The van der Waals surface area contributed by atoms with Crippen LogP contribution in [0.1, 0.15) is 47.2 Å².